The van der Waals surface area contributed by atoms with Crippen LogP contribution in [-0.2, 0) is 16.1 Å². The van der Waals surface area contributed by atoms with E-state index < -0.39 is 5.97 Å². The molecule has 5 nitrogen and oxygen atoms in total. The van der Waals surface area contributed by atoms with Crippen molar-refractivity contribution in [2.45, 2.75) is 13.5 Å². The highest BCUT2D eigenvalue weighted by molar-refractivity contribution is 6.31. The topological polar surface area (TPSA) is 57.1 Å². The highest BCUT2D eigenvalue weighted by Gasteiger charge is 2.24. The van der Waals surface area contributed by atoms with Crippen LogP contribution >= 0.6 is 11.6 Å². The van der Waals surface area contributed by atoms with E-state index in [0.29, 0.717) is 27.6 Å². The maximum absolute atomic E-state index is 13.0. The first-order valence-electron chi connectivity index (χ1n) is 9.77. The van der Waals surface area contributed by atoms with Gasteiger partial charge in [0.25, 0.3) is 0 Å². The Morgan fingerprint density at radius 1 is 1.06 bits per heavy atom. The molecule has 0 fully saturated rings. The van der Waals surface area contributed by atoms with Crippen molar-refractivity contribution < 1.29 is 23.4 Å². The largest absolute Gasteiger partial charge is 0.493 e. The Morgan fingerprint density at radius 2 is 1.84 bits per heavy atom. The molecular formula is C25H19ClFNO4. The zero-order valence-electron chi connectivity index (χ0n) is 17.4. The number of hydrogen-bond donors (Lipinski definition) is 0. The van der Waals surface area contributed by atoms with Gasteiger partial charge in [0.15, 0.2) is 17.2 Å². The number of ether oxygens (including phenoxy) is 3. The number of esters is 1. The molecule has 0 spiro atoms. The molecule has 0 unspecified atom stereocenters. The van der Waals surface area contributed by atoms with Gasteiger partial charge in [0.2, 0.25) is 5.90 Å². The molecule has 1 heterocycles. The van der Waals surface area contributed by atoms with Crippen LogP contribution in [0.2, 0.25) is 5.02 Å². The van der Waals surface area contributed by atoms with E-state index in [1.165, 1.54) is 19.2 Å². The molecule has 3 aromatic rings. The first-order valence-corrected chi connectivity index (χ1v) is 10.1. The van der Waals surface area contributed by atoms with Crippen molar-refractivity contribution in [3.8, 4) is 11.5 Å². The lowest BCUT2D eigenvalue weighted by Crippen LogP contribution is -2.05. The fourth-order valence-electron chi connectivity index (χ4n) is 3.05. The third-order valence-electron chi connectivity index (χ3n) is 4.84. The average molecular weight is 452 g/mol. The van der Waals surface area contributed by atoms with Crippen LogP contribution in [0.3, 0.4) is 0 Å². The summed E-state index contributed by atoms with van der Waals surface area (Å²) < 4.78 is 29.6. The normalized spacial score (nSPS) is 14.3. The van der Waals surface area contributed by atoms with E-state index >= 15 is 0 Å². The van der Waals surface area contributed by atoms with E-state index in [4.69, 9.17) is 25.8 Å². The maximum Gasteiger partial charge on any atom is 0.363 e. The van der Waals surface area contributed by atoms with Gasteiger partial charge in [0.1, 0.15) is 12.4 Å². The Morgan fingerprint density at radius 3 is 2.56 bits per heavy atom. The van der Waals surface area contributed by atoms with Gasteiger partial charge in [-0.05, 0) is 66.1 Å². The number of halogens is 2. The molecule has 0 saturated carbocycles. The number of methoxy groups -OCH3 is 1. The Labute approximate surface area is 189 Å². The highest BCUT2D eigenvalue weighted by atomic mass is 35.5. The summed E-state index contributed by atoms with van der Waals surface area (Å²) in [6.07, 6.45) is 1.61. The molecule has 0 amide bonds. The monoisotopic (exact) mass is 451 g/mol. The summed E-state index contributed by atoms with van der Waals surface area (Å²) >= 11 is 6.16. The zero-order chi connectivity index (χ0) is 22.7. The summed E-state index contributed by atoms with van der Waals surface area (Å²) in [4.78, 5) is 16.6. The van der Waals surface area contributed by atoms with Crippen molar-refractivity contribution in [3.63, 3.8) is 0 Å². The van der Waals surface area contributed by atoms with Crippen molar-refractivity contribution in [2.75, 3.05) is 7.11 Å². The van der Waals surface area contributed by atoms with Gasteiger partial charge in [-0.3, -0.25) is 0 Å². The quantitative estimate of drug-likeness (QED) is 0.355. The predicted octanol–water partition coefficient (Wildman–Crippen LogP) is 5.72. The molecular weight excluding hydrogens is 433 g/mol. The minimum Gasteiger partial charge on any atom is -0.493 e. The van der Waals surface area contributed by atoms with E-state index in [1.807, 2.05) is 13.0 Å². The van der Waals surface area contributed by atoms with E-state index in [9.17, 15) is 9.18 Å². The summed E-state index contributed by atoms with van der Waals surface area (Å²) in [5.41, 5.74) is 3.23. The van der Waals surface area contributed by atoms with Crippen molar-refractivity contribution >= 4 is 29.5 Å². The van der Waals surface area contributed by atoms with Crippen LogP contribution in [0.4, 0.5) is 4.39 Å². The van der Waals surface area contributed by atoms with Gasteiger partial charge in [0, 0.05) is 10.6 Å². The first kappa shape index (κ1) is 21.6. The number of cyclic esters (lactones) is 1. The van der Waals surface area contributed by atoms with Gasteiger partial charge in [-0.25, -0.2) is 14.2 Å². The standard InChI is InChI=1S/C25H19ClFNO4/c1-15-3-7-18(13-20(15)26)24-28-21(25(29)32-24)11-17-6-10-22(23(12-17)30-2)31-14-16-4-8-19(27)9-5-16/h3-13H,14H2,1-2H3. The number of hydrogen-bond acceptors (Lipinski definition) is 5. The Balaban J connectivity index is 1.54. The minimum atomic E-state index is -0.549. The second-order valence-electron chi connectivity index (χ2n) is 7.13. The van der Waals surface area contributed by atoms with Gasteiger partial charge in [-0.1, -0.05) is 35.9 Å². The zero-order valence-corrected chi connectivity index (χ0v) is 18.2. The summed E-state index contributed by atoms with van der Waals surface area (Å²) in [7, 11) is 1.53. The van der Waals surface area contributed by atoms with Crippen LogP contribution in [0.5, 0.6) is 11.5 Å². The Bertz CT molecular complexity index is 1240. The molecule has 1 aliphatic heterocycles. The van der Waals surface area contributed by atoms with Crippen LogP contribution in [0.15, 0.2) is 71.4 Å². The van der Waals surface area contributed by atoms with E-state index in [2.05, 4.69) is 4.99 Å². The Hall–Kier alpha value is -3.64. The molecule has 0 aromatic heterocycles. The molecule has 162 valence electrons. The van der Waals surface area contributed by atoms with Crippen molar-refractivity contribution in [3.05, 3.63) is 99.5 Å². The molecule has 0 radical (unpaired) electrons. The van der Waals surface area contributed by atoms with Gasteiger partial charge in [0.05, 0.1) is 7.11 Å². The molecule has 3 aromatic carbocycles. The minimum absolute atomic E-state index is 0.165. The summed E-state index contributed by atoms with van der Waals surface area (Å²) in [6.45, 7) is 2.15. The number of carbonyl (C=O) groups excluding carboxylic acids is 1. The van der Waals surface area contributed by atoms with Gasteiger partial charge >= 0.3 is 5.97 Å². The number of rotatable bonds is 6. The van der Waals surface area contributed by atoms with Crippen LogP contribution < -0.4 is 9.47 Å². The van der Waals surface area contributed by atoms with Crippen molar-refractivity contribution in [1.82, 2.24) is 0 Å². The molecule has 1 aliphatic rings. The number of aryl methyl sites for hydroxylation is 1. The number of benzene rings is 3. The molecule has 32 heavy (non-hydrogen) atoms. The molecule has 7 heteroatoms. The second kappa shape index (κ2) is 9.24. The second-order valence-corrected chi connectivity index (χ2v) is 7.53. The first-order chi connectivity index (χ1) is 15.4. The molecule has 0 N–H and O–H groups in total. The summed E-state index contributed by atoms with van der Waals surface area (Å²) in [5.74, 6) is 0.362. The third-order valence-corrected chi connectivity index (χ3v) is 5.25. The molecule has 0 saturated heterocycles. The predicted molar refractivity (Wildman–Crippen MR) is 121 cm³/mol. The van der Waals surface area contributed by atoms with Crippen LogP contribution in [0, 0.1) is 12.7 Å². The van der Waals surface area contributed by atoms with Gasteiger partial charge < -0.3 is 14.2 Å². The van der Waals surface area contributed by atoms with Crippen LogP contribution in [-0.4, -0.2) is 19.0 Å². The third kappa shape index (κ3) is 4.81. The molecule has 4 rings (SSSR count). The lowest BCUT2D eigenvalue weighted by atomic mass is 10.1. The fraction of sp³-hybridized carbons (Fsp3) is 0.120. The maximum atomic E-state index is 13.0. The molecule has 0 aliphatic carbocycles. The van der Waals surface area contributed by atoms with Crippen molar-refractivity contribution in [1.29, 1.82) is 0 Å². The molecule has 0 atom stereocenters. The summed E-state index contributed by atoms with van der Waals surface area (Å²) in [5, 5.41) is 0.569. The van der Waals surface area contributed by atoms with E-state index in [0.717, 1.165) is 11.1 Å². The van der Waals surface area contributed by atoms with Gasteiger partial charge in [-0.2, -0.15) is 0 Å². The number of carbonyl (C=O) groups is 1. The van der Waals surface area contributed by atoms with Crippen LogP contribution in [0.25, 0.3) is 6.08 Å². The average Bonchev–Trinajstić information content (AvgIpc) is 3.15. The van der Waals surface area contributed by atoms with Crippen LogP contribution in [0.1, 0.15) is 22.3 Å². The fourth-order valence-corrected chi connectivity index (χ4v) is 3.23. The van der Waals surface area contributed by atoms with Crippen molar-refractivity contribution in [2.24, 2.45) is 4.99 Å². The number of aliphatic imine (C=N–C) groups is 1. The SMILES string of the molecule is COc1cc(C=C2N=C(c3ccc(C)c(Cl)c3)OC2=O)ccc1OCc1ccc(F)cc1. The smallest absolute Gasteiger partial charge is 0.363 e. The number of nitrogens with zero attached hydrogens (tertiary/aromatic N) is 1. The van der Waals surface area contributed by atoms with Gasteiger partial charge in [-0.15, -0.1) is 0 Å². The van der Waals surface area contributed by atoms with E-state index in [-0.39, 0.29) is 24.0 Å². The molecule has 0 bridgehead atoms. The highest BCUT2D eigenvalue weighted by Crippen LogP contribution is 2.30. The lowest BCUT2D eigenvalue weighted by molar-refractivity contribution is -0.129. The van der Waals surface area contributed by atoms with E-state index in [1.54, 1.807) is 48.5 Å². The Kier molecular flexibility index (Phi) is 6.23. The lowest BCUT2D eigenvalue weighted by Gasteiger charge is -2.11. The summed E-state index contributed by atoms with van der Waals surface area (Å²) in [6, 6.07) is 16.7.